The van der Waals surface area contributed by atoms with Crippen molar-refractivity contribution >= 4 is 5.95 Å². The molecule has 1 aromatic rings. The molecule has 0 aliphatic carbocycles. The summed E-state index contributed by atoms with van der Waals surface area (Å²) in [7, 11) is 0. The molecule has 1 aliphatic heterocycles. The van der Waals surface area contributed by atoms with E-state index in [0.29, 0.717) is 12.5 Å². The second kappa shape index (κ2) is 6.39. The van der Waals surface area contributed by atoms with Gasteiger partial charge in [0.25, 0.3) is 0 Å². The zero-order valence-corrected chi connectivity index (χ0v) is 11.5. The molecule has 2 heterocycles. The molecule has 4 nitrogen and oxygen atoms in total. The van der Waals surface area contributed by atoms with Crippen LogP contribution in [0.1, 0.15) is 25.5 Å². The maximum Gasteiger partial charge on any atom is 0.433 e. The largest absolute Gasteiger partial charge is 0.433 e. The lowest BCUT2D eigenvalue weighted by atomic mass is 10.1. The molecule has 1 fully saturated rings. The van der Waals surface area contributed by atoms with Gasteiger partial charge in [0.15, 0.2) is 0 Å². The highest BCUT2D eigenvalue weighted by molar-refractivity contribution is 5.26. The van der Waals surface area contributed by atoms with Crippen LogP contribution in [0.25, 0.3) is 0 Å². The molecule has 1 N–H and O–H groups in total. The maximum atomic E-state index is 12.5. The predicted octanol–water partition coefficient (Wildman–Crippen LogP) is 2.64. The first kappa shape index (κ1) is 15.0. The molecule has 0 saturated carbocycles. The number of nitrogens with zero attached hydrogens (tertiary/aromatic N) is 3. The van der Waals surface area contributed by atoms with Crippen LogP contribution in [0.3, 0.4) is 0 Å². The van der Waals surface area contributed by atoms with E-state index in [1.54, 1.807) is 0 Å². The number of likely N-dealkylation sites (tertiary alicyclic amines) is 1. The number of alkyl halides is 3. The first-order chi connectivity index (χ1) is 9.45. The van der Waals surface area contributed by atoms with Gasteiger partial charge in [-0.2, -0.15) is 13.2 Å². The Kier molecular flexibility index (Phi) is 4.80. The van der Waals surface area contributed by atoms with Crippen molar-refractivity contribution in [2.24, 2.45) is 5.92 Å². The maximum absolute atomic E-state index is 12.5. The van der Waals surface area contributed by atoms with Crippen LogP contribution in [0.15, 0.2) is 12.3 Å². The van der Waals surface area contributed by atoms with Crippen molar-refractivity contribution in [1.82, 2.24) is 14.9 Å². The molecular formula is C13H19F3N4. The van der Waals surface area contributed by atoms with Crippen LogP contribution in [0.5, 0.6) is 0 Å². The van der Waals surface area contributed by atoms with Crippen molar-refractivity contribution < 1.29 is 13.2 Å². The van der Waals surface area contributed by atoms with Gasteiger partial charge in [-0.05, 0) is 37.9 Å². The van der Waals surface area contributed by atoms with Crippen molar-refractivity contribution in [2.75, 3.05) is 31.5 Å². The summed E-state index contributed by atoms with van der Waals surface area (Å²) >= 11 is 0. The molecule has 1 aromatic heterocycles. The van der Waals surface area contributed by atoms with E-state index in [-0.39, 0.29) is 5.95 Å². The van der Waals surface area contributed by atoms with Crippen molar-refractivity contribution in [2.45, 2.75) is 25.9 Å². The average Bonchev–Trinajstić information content (AvgIpc) is 2.88. The van der Waals surface area contributed by atoms with E-state index in [1.807, 2.05) is 0 Å². The van der Waals surface area contributed by atoms with Crippen molar-refractivity contribution in [1.29, 1.82) is 0 Å². The predicted molar refractivity (Wildman–Crippen MR) is 70.4 cm³/mol. The minimum Gasteiger partial charge on any atom is -0.354 e. The van der Waals surface area contributed by atoms with Gasteiger partial charge in [-0.1, -0.05) is 6.92 Å². The highest BCUT2D eigenvalue weighted by atomic mass is 19.4. The lowest BCUT2D eigenvalue weighted by Gasteiger charge is -2.20. The van der Waals surface area contributed by atoms with Gasteiger partial charge in [0.05, 0.1) is 0 Å². The summed E-state index contributed by atoms with van der Waals surface area (Å²) in [5.41, 5.74) is -0.915. The van der Waals surface area contributed by atoms with Crippen molar-refractivity contribution in [3.05, 3.63) is 18.0 Å². The Labute approximate surface area is 116 Å². The van der Waals surface area contributed by atoms with Gasteiger partial charge < -0.3 is 10.2 Å². The summed E-state index contributed by atoms with van der Waals surface area (Å²) in [4.78, 5) is 9.68. The van der Waals surface area contributed by atoms with Crippen LogP contribution in [0.4, 0.5) is 19.1 Å². The molecule has 1 unspecified atom stereocenters. The smallest absolute Gasteiger partial charge is 0.354 e. The number of hydrogen-bond acceptors (Lipinski definition) is 4. The molecule has 0 radical (unpaired) electrons. The molecule has 112 valence electrons. The lowest BCUT2D eigenvalue weighted by molar-refractivity contribution is -0.141. The fourth-order valence-electron chi connectivity index (χ4n) is 2.34. The van der Waals surface area contributed by atoms with Gasteiger partial charge in [-0.25, -0.2) is 9.97 Å². The molecular weight excluding hydrogens is 269 g/mol. The molecule has 0 spiro atoms. The van der Waals surface area contributed by atoms with E-state index in [9.17, 15) is 13.2 Å². The van der Waals surface area contributed by atoms with Crippen LogP contribution in [-0.2, 0) is 6.18 Å². The Morgan fingerprint density at radius 1 is 1.35 bits per heavy atom. The summed E-state index contributed by atoms with van der Waals surface area (Å²) in [6.45, 7) is 5.82. The lowest BCUT2D eigenvalue weighted by Crippen LogP contribution is -2.29. The quantitative estimate of drug-likeness (QED) is 0.904. The molecule has 1 aliphatic rings. The van der Waals surface area contributed by atoms with Crippen LogP contribution >= 0.6 is 0 Å². The molecule has 7 heteroatoms. The zero-order valence-electron chi connectivity index (χ0n) is 11.5. The van der Waals surface area contributed by atoms with E-state index in [0.717, 1.165) is 31.9 Å². The van der Waals surface area contributed by atoms with Crippen LogP contribution in [-0.4, -0.2) is 41.0 Å². The summed E-state index contributed by atoms with van der Waals surface area (Å²) in [6.07, 6.45) is -0.836. The second-order valence-corrected chi connectivity index (χ2v) is 5.26. The van der Waals surface area contributed by atoms with Crippen LogP contribution in [0.2, 0.25) is 0 Å². The third-order valence-corrected chi connectivity index (χ3v) is 3.32. The standard InChI is InChI=1S/C13H19F3N4/c1-10(9-20-6-2-3-7-20)8-18-12-17-5-4-11(19-12)13(14,15)16/h4-5,10H,2-3,6-9H2,1H3,(H,17,18,19). The van der Waals surface area contributed by atoms with Crippen LogP contribution in [0, 0.1) is 5.92 Å². The van der Waals surface area contributed by atoms with E-state index < -0.39 is 11.9 Å². The van der Waals surface area contributed by atoms with Gasteiger partial charge in [-0.3, -0.25) is 0 Å². The molecule has 0 aromatic carbocycles. The molecule has 2 rings (SSSR count). The molecule has 1 atom stereocenters. The molecule has 0 bridgehead atoms. The third kappa shape index (κ3) is 4.33. The summed E-state index contributed by atoms with van der Waals surface area (Å²) in [6, 6.07) is 0.874. The van der Waals surface area contributed by atoms with Gasteiger partial charge in [0.1, 0.15) is 5.69 Å². The van der Waals surface area contributed by atoms with Gasteiger partial charge in [-0.15, -0.1) is 0 Å². The number of hydrogen-bond donors (Lipinski definition) is 1. The van der Waals surface area contributed by atoms with Crippen molar-refractivity contribution in [3.8, 4) is 0 Å². The minimum atomic E-state index is -4.43. The summed E-state index contributed by atoms with van der Waals surface area (Å²) in [5.74, 6) is 0.374. The number of rotatable bonds is 5. The monoisotopic (exact) mass is 288 g/mol. The van der Waals surface area contributed by atoms with E-state index >= 15 is 0 Å². The van der Waals surface area contributed by atoms with Crippen LogP contribution < -0.4 is 5.32 Å². The Balaban J connectivity index is 1.84. The summed E-state index contributed by atoms with van der Waals surface area (Å²) in [5, 5.41) is 2.88. The van der Waals surface area contributed by atoms with Gasteiger partial charge in [0, 0.05) is 19.3 Å². The summed E-state index contributed by atoms with van der Waals surface area (Å²) < 4.78 is 37.5. The minimum absolute atomic E-state index is 0.0353. The molecule has 20 heavy (non-hydrogen) atoms. The average molecular weight is 288 g/mol. The highest BCUT2D eigenvalue weighted by Crippen LogP contribution is 2.27. The number of aromatic nitrogens is 2. The van der Waals surface area contributed by atoms with Crippen molar-refractivity contribution in [3.63, 3.8) is 0 Å². The number of halogens is 3. The fraction of sp³-hybridized carbons (Fsp3) is 0.692. The normalized spacial score (nSPS) is 18.2. The zero-order chi connectivity index (χ0) is 14.6. The molecule has 0 amide bonds. The van der Waals surface area contributed by atoms with E-state index in [1.165, 1.54) is 12.8 Å². The Morgan fingerprint density at radius 3 is 2.70 bits per heavy atom. The topological polar surface area (TPSA) is 41.1 Å². The Morgan fingerprint density at radius 2 is 2.05 bits per heavy atom. The molecule has 1 saturated heterocycles. The number of anilines is 1. The Bertz CT molecular complexity index is 430. The van der Waals surface area contributed by atoms with E-state index in [4.69, 9.17) is 0 Å². The third-order valence-electron chi connectivity index (χ3n) is 3.32. The van der Waals surface area contributed by atoms with Gasteiger partial charge >= 0.3 is 6.18 Å². The Hall–Kier alpha value is -1.37. The number of nitrogens with one attached hydrogen (secondary N) is 1. The highest BCUT2D eigenvalue weighted by Gasteiger charge is 2.32. The first-order valence-electron chi connectivity index (χ1n) is 6.81. The SMILES string of the molecule is CC(CNc1nccc(C(F)(F)F)n1)CN1CCCC1. The van der Waals surface area contributed by atoms with E-state index in [2.05, 4.69) is 27.1 Å². The first-order valence-corrected chi connectivity index (χ1v) is 6.81. The fourth-order valence-corrected chi connectivity index (χ4v) is 2.34. The van der Waals surface area contributed by atoms with Gasteiger partial charge in [0.2, 0.25) is 5.95 Å². The second-order valence-electron chi connectivity index (χ2n) is 5.26.